The second-order valence-electron chi connectivity index (χ2n) is 8.35. The molecule has 1 aliphatic heterocycles. The maximum atomic E-state index is 12.9. The highest BCUT2D eigenvalue weighted by Crippen LogP contribution is 2.33. The standard InChI is InChI=1S/C23H24N4O4/c28-21(25-10-12-26(13-11-25)22(29)23(30)8-1-9-23)17-4-2-16(3-5-17)18-6-7-19-15-24-27(31)20(19)14-18/h2-7,14-15,30-31H,1,8-13H2. The highest BCUT2D eigenvalue weighted by atomic mass is 16.5. The summed E-state index contributed by atoms with van der Waals surface area (Å²) in [6.45, 7) is 1.80. The van der Waals surface area contributed by atoms with Crippen LogP contribution >= 0.6 is 0 Å². The van der Waals surface area contributed by atoms with Crippen LogP contribution in [0.3, 0.4) is 0 Å². The smallest absolute Gasteiger partial charge is 0.254 e. The van der Waals surface area contributed by atoms with Crippen LogP contribution in [0, 0.1) is 0 Å². The number of fused-ring (bicyclic) bond motifs is 1. The predicted molar refractivity (Wildman–Crippen MR) is 114 cm³/mol. The van der Waals surface area contributed by atoms with Crippen LogP contribution in [0.5, 0.6) is 0 Å². The Balaban J connectivity index is 1.25. The van der Waals surface area contributed by atoms with Crippen molar-refractivity contribution in [3.8, 4) is 11.1 Å². The van der Waals surface area contributed by atoms with Crippen molar-refractivity contribution in [3.63, 3.8) is 0 Å². The van der Waals surface area contributed by atoms with Gasteiger partial charge in [-0.1, -0.05) is 24.3 Å². The van der Waals surface area contributed by atoms with Crippen molar-refractivity contribution < 1.29 is 19.9 Å². The van der Waals surface area contributed by atoms with Gasteiger partial charge in [0, 0.05) is 37.1 Å². The largest absolute Gasteiger partial charge is 0.411 e. The summed E-state index contributed by atoms with van der Waals surface area (Å²) in [4.78, 5) is 29.6. The van der Waals surface area contributed by atoms with Crippen molar-refractivity contribution in [1.82, 2.24) is 19.7 Å². The number of nitrogens with zero attached hydrogens (tertiary/aromatic N) is 4. The molecule has 2 heterocycles. The first-order chi connectivity index (χ1) is 14.9. The Bertz CT molecular complexity index is 1140. The van der Waals surface area contributed by atoms with E-state index in [1.54, 1.807) is 28.1 Å². The first-order valence-electron chi connectivity index (χ1n) is 10.5. The molecule has 2 fully saturated rings. The SMILES string of the molecule is O=C(c1ccc(-c2ccc3cnn(O)c3c2)cc1)N1CCN(C(=O)C2(O)CCC2)CC1. The molecule has 2 amide bonds. The molecule has 0 radical (unpaired) electrons. The fourth-order valence-electron chi connectivity index (χ4n) is 4.31. The van der Waals surface area contributed by atoms with Crippen LogP contribution in [0.2, 0.25) is 0 Å². The molecule has 0 bridgehead atoms. The summed E-state index contributed by atoms with van der Waals surface area (Å²) in [5.41, 5.74) is 1.89. The number of piperazine rings is 1. The van der Waals surface area contributed by atoms with Crippen molar-refractivity contribution in [2.24, 2.45) is 0 Å². The quantitative estimate of drug-likeness (QED) is 0.633. The number of amides is 2. The Morgan fingerprint density at radius 2 is 1.55 bits per heavy atom. The average molecular weight is 420 g/mol. The Labute approximate surface area is 179 Å². The van der Waals surface area contributed by atoms with Gasteiger partial charge in [-0.25, -0.2) is 0 Å². The molecule has 1 saturated heterocycles. The average Bonchev–Trinajstić information content (AvgIpc) is 3.17. The predicted octanol–water partition coefficient (Wildman–Crippen LogP) is 2.14. The highest BCUT2D eigenvalue weighted by molar-refractivity contribution is 5.95. The lowest BCUT2D eigenvalue weighted by molar-refractivity contribution is -0.161. The van der Waals surface area contributed by atoms with Crippen LogP contribution in [-0.4, -0.2) is 73.7 Å². The normalized spacial score (nSPS) is 18.1. The summed E-state index contributed by atoms with van der Waals surface area (Å²) in [7, 11) is 0. The fourth-order valence-corrected chi connectivity index (χ4v) is 4.31. The third-order valence-corrected chi connectivity index (χ3v) is 6.45. The number of hydrogen-bond acceptors (Lipinski definition) is 5. The number of aliphatic hydroxyl groups is 1. The lowest BCUT2D eigenvalue weighted by atomic mass is 9.79. The molecule has 31 heavy (non-hydrogen) atoms. The minimum absolute atomic E-state index is 0.0649. The molecule has 8 nitrogen and oxygen atoms in total. The molecule has 160 valence electrons. The van der Waals surface area contributed by atoms with Crippen LogP contribution in [0.4, 0.5) is 0 Å². The van der Waals surface area contributed by atoms with Gasteiger partial charge in [0.2, 0.25) is 0 Å². The lowest BCUT2D eigenvalue weighted by Crippen LogP contribution is -2.58. The minimum atomic E-state index is -1.18. The summed E-state index contributed by atoms with van der Waals surface area (Å²) in [5.74, 6) is -0.263. The van der Waals surface area contributed by atoms with E-state index in [9.17, 15) is 19.9 Å². The van der Waals surface area contributed by atoms with Crippen molar-refractivity contribution in [2.45, 2.75) is 24.9 Å². The van der Waals surface area contributed by atoms with Gasteiger partial charge in [-0.05, 0) is 48.6 Å². The molecule has 5 rings (SSSR count). The van der Waals surface area contributed by atoms with Gasteiger partial charge >= 0.3 is 0 Å². The summed E-state index contributed by atoms with van der Waals surface area (Å²) in [6.07, 6.45) is 3.55. The van der Waals surface area contributed by atoms with Gasteiger partial charge < -0.3 is 20.1 Å². The number of rotatable bonds is 3. The second-order valence-corrected chi connectivity index (χ2v) is 8.35. The zero-order valence-corrected chi connectivity index (χ0v) is 17.1. The molecule has 0 spiro atoms. The van der Waals surface area contributed by atoms with Gasteiger partial charge in [0.25, 0.3) is 11.8 Å². The molecule has 0 atom stereocenters. The van der Waals surface area contributed by atoms with E-state index in [1.807, 2.05) is 30.3 Å². The molecule has 1 aliphatic carbocycles. The third kappa shape index (κ3) is 3.42. The Morgan fingerprint density at radius 1 is 0.903 bits per heavy atom. The maximum Gasteiger partial charge on any atom is 0.254 e. The molecule has 3 aromatic rings. The van der Waals surface area contributed by atoms with Crippen LogP contribution in [0.25, 0.3) is 22.0 Å². The fraction of sp³-hybridized carbons (Fsp3) is 0.348. The van der Waals surface area contributed by atoms with Crippen molar-refractivity contribution in [1.29, 1.82) is 0 Å². The number of hydrogen-bond donors (Lipinski definition) is 2. The monoisotopic (exact) mass is 420 g/mol. The first-order valence-corrected chi connectivity index (χ1v) is 10.5. The topological polar surface area (TPSA) is 98.9 Å². The van der Waals surface area contributed by atoms with Gasteiger partial charge in [-0.15, -0.1) is 9.94 Å². The van der Waals surface area contributed by atoms with E-state index in [2.05, 4.69) is 5.10 Å². The maximum absolute atomic E-state index is 12.9. The molecule has 1 aromatic heterocycles. The molecule has 1 saturated carbocycles. The lowest BCUT2D eigenvalue weighted by Gasteiger charge is -2.42. The molecular formula is C23H24N4O4. The first kappa shape index (κ1) is 19.6. The number of aromatic nitrogens is 2. The zero-order chi connectivity index (χ0) is 21.6. The van der Waals surface area contributed by atoms with Gasteiger partial charge in [0.15, 0.2) is 0 Å². The number of carbonyl (C=O) groups is 2. The summed E-state index contributed by atoms with van der Waals surface area (Å²) < 4.78 is 0. The minimum Gasteiger partial charge on any atom is -0.411 e. The Kier molecular flexibility index (Phi) is 4.66. The molecule has 2 aliphatic rings. The van der Waals surface area contributed by atoms with Gasteiger partial charge in [-0.2, -0.15) is 0 Å². The molecule has 2 aromatic carbocycles. The van der Waals surface area contributed by atoms with Gasteiger partial charge in [-0.3, -0.25) is 9.59 Å². The molecule has 2 N–H and O–H groups in total. The van der Waals surface area contributed by atoms with E-state index in [0.717, 1.165) is 27.8 Å². The van der Waals surface area contributed by atoms with Crippen LogP contribution in [0.1, 0.15) is 29.6 Å². The van der Waals surface area contributed by atoms with Crippen molar-refractivity contribution in [2.75, 3.05) is 26.2 Å². The third-order valence-electron chi connectivity index (χ3n) is 6.45. The number of carbonyl (C=O) groups excluding carboxylic acids is 2. The van der Waals surface area contributed by atoms with Crippen molar-refractivity contribution >= 4 is 22.7 Å². The summed E-state index contributed by atoms with van der Waals surface area (Å²) >= 11 is 0. The Hall–Kier alpha value is -3.39. The van der Waals surface area contributed by atoms with E-state index in [0.29, 0.717) is 50.1 Å². The number of benzene rings is 2. The van der Waals surface area contributed by atoms with E-state index >= 15 is 0 Å². The van der Waals surface area contributed by atoms with Gasteiger partial charge in [0.1, 0.15) is 11.1 Å². The zero-order valence-electron chi connectivity index (χ0n) is 17.1. The summed E-state index contributed by atoms with van der Waals surface area (Å²) in [6, 6.07) is 13.1. The van der Waals surface area contributed by atoms with Crippen LogP contribution in [-0.2, 0) is 4.79 Å². The second kappa shape index (κ2) is 7.39. The highest BCUT2D eigenvalue weighted by Gasteiger charge is 2.45. The van der Waals surface area contributed by atoms with E-state index < -0.39 is 5.60 Å². The Morgan fingerprint density at radius 3 is 2.19 bits per heavy atom. The van der Waals surface area contributed by atoms with E-state index in [4.69, 9.17) is 0 Å². The molecule has 0 unspecified atom stereocenters. The molecule has 8 heteroatoms. The molecular weight excluding hydrogens is 396 g/mol. The van der Waals surface area contributed by atoms with Crippen molar-refractivity contribution in [3.05, 3.63) is 54.2 Å². The van der Waals surface area contributed by atoms with E-state index in [1.165, 1.54) is 0 Å². The summed E-state index contributed by atoms with van der Waals surface area (Å²) in [5, 5.41) is 24.7. The van der Waals surface area contributed by atoms with Crippen LogP contribution < -0.4 is 0 Å². The van der Waals surface area contributed by atoms with E-state index in [-0.39, 0.29) is 11.8 Å². The van der Waals surface area contributed by atoms with Gasteiger partial charge in [0.05, 0.1) is 6.20 Å². The van der Waals surface area contributed by atoms with Crippen LogP contribution in [0.15, 0.2) is 48.7 Å².